The van der Waals surface area contributed by atoms with Gasteiger partial charge < -0.3 is 14.6 Å². The number of halogens is 1. The zero-order chi connectivity index (χ0) is 16.5. The summed E-state index contributed by atoms with van der Waals surface area (Å²) in [5.41, 5.74) is 1.00. The number of aromatic nitrogens is 1. The summed E-state index contributed by atoms with van der Waals surface area (Å²) < 4.78 is 8.03. The molecule has 2 rings (SSSR count). The number of fused-ring (bicyclic) bond motifs is 1. The molecule has 0 bridgehead atoms. The fourth-order valence-corrected chi connectivity index (χ4v) is 2.55. The number of esters is 1. The van der Waals surface area contributed by atoms with Gasteiger partial charge in [0, 0.05) is 23.0 Å². The molecule has 0 fully saturated rings. The van der Waals surface area contributed by atoms with Crippen LogP contribution in [0.4, 0.5) is 5.69 Å². The van der Waals surface area contributed by atoms with Gasteiger partial charge in [0.1, 0.15) is 12.1 Å². The van der Waals surface area contributed by atoms with Crippen LogP contribution in [0.3, 0.4) is 0 Å². The van der Waals surface area contributed by atoms with Crippen LogP contribution in [0, 0.1) is 0 Å². The molecule has 1 heterocycles. The predicted molar refractivity (Wildman–Crippen MR) is 89.8 cm³/mol. The number of ether oxygens (including phenoxy) is 1. The Kier molecular flexibility index (Phi) is 4.60. The van der Waals surface area contributed by atoms with Gasteiger partial charge in [0.15, 0.2) is 0 Å². The molecule has 6 heteroatoms. The quantitative estimate of drug-likeness (QED) is 0.842. The Balaban J connectivity index is 2.38. The average Bonchev–Trinajstić information content (AvgIpc) is 2.63. The van der Waals surface area contributed by atoms with E-state index in [1.807, 2.05) is 39.0 Å². The van der Waals surface area contributed by atoms with Crippen LogP contribution in [0.15, 0.2) is 28.9 Å². The molecule has 5 nitrogen and oxygen atoms in total. The first kappa shape index (κ1) is 16.5. The smallest absolute Gasteiger partial charge is 0.326 e. The van der Waals surface area contributed by atoms with E-state index in [-0.39, 0.29) is 18.4 Å². The molecule has 0 aliphatic carbocycles. The minimum atomic E-state index is -0.527. The summed E-state index contributed by atoms with van der Waals surface area (Å²) in [4.78, 5) is 23.4. The van der Waals surface area contributed by atoms with Crippen molar-refractivity contribution in [2.75, 3.05) is 5.32 Å². The molecule has 1 N–H and O–H groups in total. The maximum Gasteiger partial charge on any atom is 0.326 e. The Bertz CT molecular complexity index is 729. The Morgan fingerprint density at radius 2 is 2.00 bits per heavy atom. The Hall–Kier alpha value is -1.82. The molecule has 118 valence electrons. The van der Waals surface area contributed by atoms with E-state index in [9.17, 15) is 9.59 Å². The normalized spacial score (nSPS) is 11.5. The minimum absolute atomic E-state index is 0.0871. The third-order valence-electron chi connectivity index (χ3n) is 2.87. The summed E-state index contributed by atoms with van der Waals surface area (Å²) in [5, 5.41) is 3.66. The highest BCUT2D eigenvalue weighted by Gasteiger charge is 2.18. The van der Waals surface area contributed by atoms with E-state index in [4.69, 9.17) is 4.74 Å². The van der Waals surface area contributed by atoms with E-state index < -0.39 is 5.60 Å². The number of hydrogen-bond donors (Lipinski definition) is 1. The van der Waals surface area contributed by atoms with Gasteiger partial charge in [-0.25, -0.2) is 0 Å². The van der Waals surface area contributed by atoms with Crippen molar-refractivity contribution < 1.29 is 14.3 Å². The molecule has 0 aliphatic rings. The van der Waals surface area contributed by atoms with Gasteiger partial charge in [-0.05, 0) is 39.0 Å². The summed E-state index contributed by atoms with van der Waals surface area (Å²) in [5.74, 6) is -0.474. The van der Waals surface area contributed by atoms with Gasteiger partial charge in [-0.15, -0.1) is 0 Å². The van der Waals surface area contributed by atoms with Gasteiger partial charge >= 0.3 is 5.97 Å². The number of rotatable bonds is 3. The third-order valence-corrected chi connectivity index (χ3v) is 3.37. The number of benzene rings is 1. The number of carbonyl (C=O) groups is 2. The van der Waals surface area contributed by atoms with Crippen molar-refractivity contribution in [1.82, 2.24) is 4.57 Å². The second-order valence-corrected chi connectivity index (χ2v) is 7.02. The standard InChI is InChI=1S/C16H19BrN2O3/c1-10(20)18-13-8-19(9-15(21)22-16(2,3)4)14-7-11(17)5-6-12(13)14/h5-8H,9H2,1-4H3,(H,18,20). The van der Waals surface area contributed by atoms with Gasteiger partial charge in [0.05, 0.1) is 11.2 Å². The Morgan fingerprint density at radius 3 is 2.59 bits per heavy atom. The van der Waals surface area contributed by atoms with Crippen molar-refractivity contribution in [3.63, 3.8) is 0 Å². The van der Waals surface area contributed by atoms with Crippen molar-refractivity contribution >= 4 is 44.4 Å². The molecule has 1 amide bonds. The van der Waals surface area contributed by atoms with Gasteiger partial charge in [0.2, 0.25) is 5.91 Å². The summed E-state index contributed by atoms with van der Waals surface area (Å²) in [6, 6.07) is 5.70. The van der Waals surface area contributed by atoms with Crippen LogP contribution in [0.1, 0.15) is 27.7 Å². The van der Waals surface area contributed by atoms with Crippen LogP contribution < -0.4 is 5.32 Å². The number of nitrogens with zero attached hydrogens (tertiary/aromatic N) is 1. The van der Waals surface area contributed by atoms with Crippen molar-refractivity contribution in [1.29, 1.82) is 0 Å². The average molecular weight is 367 g/mol. The monoisotopic (exact) mass is 366 g/mol. The molecular formula is C16H19BrN2O3. The van der Waals surface area contributed by atoms with Crippen molar-refractivity contribution in [3.8, 4) is 0 Å². The maximum absolute atomic E-state index is 12.0. The zero-order valence-corrected chi connectivity index (χ0v) is 14.7. The Morgan fingerprint density at radius 1 is 1.32 bits per heavy atom. The molecule has 1 aromatic heterocycles. The first-order chi connectivity index (χ1) is 10.2. The minimum Gasteiger partial charge on any atom is -0.459 e. The van der Waals surface area contributed by atoms with Gasteiger partial charge in [-0.3, -0.25) is 9.59 Å². The highest BCUT2D eigenvalue weighted by molar-refractivity contribution is 9.10. The van der Waals surface area contributed by atoms with E-state index in [0.29, 0.717) is 5.69 Å². The lowest BCUT2D eigenvalue weighted by atomic mass is 10.2. The number of carbonyl (C=O) groups excluding carboxylic acids is 2. The Labute approximate surface area is 137 Å². The molecule has 1 aromatic carbocycles. The van der Waals surface area contributed by atoms with Crippen molar-refractivity contribution in [3.05, 3.63) is 28.9 Å². The van der Waals surface area contributed by atoms with Crippen LogP contribution in [-0.2, 0) is 20.9 Å². The fourth-order valence-electron chi connectivity index (χ4n) is 2.20. The van der Waals surface area contributed by atoms with Crippen LogP contribution in [0.5, 0.6) is 0 Å². The molecule has 0 atom stereocenters. The van der Waals surface area contributed by atoms with Crippen LogP contribution in [0.25, 0.3) is 10.9 Å². The van der Waals surface area contributed by atoms with E-state index in [2.05, 4.69) is 21.2 Å². The second-order valence-electron chi connectivity index (χ2n) is 6.10. The van der Waals surface area contributed by atoms with E-state index in [1.54, 1.807) is 10.8 Å². The summed E-state index contributed by atoms with van der Waals surface area (Å²) >= 11 is 3.42. The first-order valence-electron chi connectivity index (χ1n) is 6.93. The van der Waals surface area contributed by atoms with Gasteiger partial charge in [-0.1, -0.05) is 15.9 Å². The molecule has 0 saturated carbocycles. The lowest BCUT2D eigenvalue weighted by molar-refractivity contribution is -0.155. The molecule has 22 heavy (non-hydrogen) atoms. The lowest BCUT2D eigenvalue weighted by Gasteiger charge is -2.19. The van der Waals surface area contributed by atoms with Gasteiger partial charge in [-0.2, -0.15) is 0 Å². The molecule has 0 spiro atoms. The molecule has 0 unspecified atom stereocenters. The highest BCUT2D eigenvalue weighted by Crippen LogP contribution is 2.29. The largest absolute Gasteiger partial charge is 0.459 e. The van der Waals surface area contributed by atoms with Crippen molar-refractivity contribution in [2.45, 2.75) is 39.8 Å². The molecular weight excluding hydrogens is 348 g/mol. The fraction of sp³-hybridized carbons (Fsp3) is 0.375. The van der Waals surface area contributed by atoms with Crippen molar-refractivity contribution in [2.24, 2.45) is 0 Å². The van der Waals surface area contributed by atoms with Gasteiger partial charge in [0.25, 0.3) is 0 Å². The van der Waals surface area contributed by atoms with E-state index in [0.717, 1.165) is 15.4 Å². The molecule has 0 saturated heterocycles. The van der Waals surface area contributed by atoms with Crippen LogP contribution in [-0.4, -0.2) is 22.0 Å². The summed E-state index contributed by atoms with van der Waals surface area (Å²) in [6.07, 6.45) is 1.75. The predicted octanol–water partition coefficient (Wildman–Crippen LogP) is 3.70. The first-order valence-corrected chi connectivity index (χ1v) is 7.73. The van der Waals surface area contributed by atoms with Crippen LogP contribution in [0.2, 0.25) is 0 Å². The lowest BCUT2D eigenvalue weighted by Crippen LogP contribution is -2.26. The number of anilines is 1. The van der Waals surface area contributed by atoms with E-state index in [1.165, 1.54) is 6.92 Å². The topological polar surface area (TPSA) is 60.3 Å². The number of hydrogen-bond acceptors (Lipinski definition) is 3. The SMILES string of the molecule is CC(=O)Nc1cn(CC(=O)OC(C)(C)C)c2cc(Br)ccc12. The van der Waals surface area contributed by atoms with E-state index >= 15 is 0 Å². The third kappa shape index (κ3) is 4.10. The highest BCUT2D eigenvalue weighted by atomic mass is 79.9. The summed E-state index contributed by atoms with van der Waals surface area (Å²) in [7, 11) is 0. The maximum atomic E-state index is 12.0. The summed E-state index contributed by atoms with van der Waals surface area (Å²) in [6.45, 7) is 7.04. The zero-order valence-electron chi connectivity index (χ0n) is 13.1. The number of nitrogens with one attached hydrogen (secondary N) is 1. The second kappa shape index (κ2) is 6.12. The van der Waals surface area contributed by atoms with Crippen LogP contribution >= 0.6 is 15.9 Å². The molecule has 0 radical (unpaired) electrons. The molecule has 0 aliphatic heterocycles. The number of amides is 1. The molecule has 2 aromatic rings.